The van der Waals surface area contributed by atoms with Gasteiger partial charge in [0.15, 0.2) is 0 Å². The summed E-state index contributed by atoms with van der Waals surface area (Å²) in [4.78, 5) is 7.46. The molecule has 0 unspecified atom stereocenters. The largest absolute Gasteiger partial charge is 0.389 e. The van der Waals surface area contributed by atoms with Gasteiger partial charge in [-0.25, -0.2) is 4.98 Å². The van der Waals surface area contributed by atoms with E-state index in [1.807, 2.05) is 30.3 Å². The molecule has 0 aliphatic heterocycles. The number of pyridine rings is 1. The maximum absolute atomic E-state index is 5.88. The number of hydrogen-bond donors (Lipinski definition) is 1. The van der Waals surface area contributed by atoms with Crippen LogP contribution in [0.5, 0.6) is 0 Å². The molecule has 2 rings (SSSR count). The second kappa shape index (κ2) is 6.66. The van der Waals surface area contributed by atoms with Gasteiger partial charge in [0.25, 0.3) is 0 Å². The first-order chi connectivity index (χ1) is 9.67. The standard InChI is InChI=1S/C16H21N3S/c1-3-5-10-19(4-2)15-11-13(16(17)20)12-8-6-7-9-14(12)18-15/h6-9,11H,3-5,10H2,1-2H3,(H2,17,20). The quantitative estimate of drug-likeness (QED) is 0.826. The highest BCUT2D eigenvalue weighted by Crippen LogP contribution is 2.23. The summed E-state index contributed by atoms with van der Waals surface area (Å²) in [5, 5.41) is 1.02. The Hall–Kier alpha value is -1.68. The van der Waals surface area contributed by atoms with Gasteiger partial charge in [-0.2, -0.15) is 0 Å². The molecule has 0 saturated heterocycles. The fraction of sp³-hybridized carbons (Fsp3) is 0.375. The molecule has 1 aromatic heterocycles. The van der Waals surface area contributed by atoms with E-state index in [9.17, 15) is 0 Å². The number of rotatable bonds is 6. The summed E-state index contributed by atoms with van der Waals surface area (Å²) in [6, 6.07) is 10.0. The van der Waals surface area contributed by atoms with Gasteiger partial charge in [-0.15, -0.1) is 0 Å². The van der Waals surface area contributed by atoms with Crippen molar-refractivity contribution in [2.75, 3.05) is 18.0 Å². The van der Waals surface area contributed by atoms with E-state index >= 15 is 0 Å². The van der Waals surface area contributed by atoms with E-state index in [2.05, 4.69) is 18.7 Å². The van der Waals surface area contributed by atoms with Crippen LogP contribution in [-0.2, 0) is 0 Å². The van der Waals surface area contributed by atoms with E-state index in [-0.39, 0.29) is 0 Å². The summed E-state index contributed by atoms with van der Waals surface area (Å²) >= 11 is 5.19. The molecule has 4 heteroatoms. The molecule has 0 aliphatic rings. The van der Waals surface area contributed by atoms with Crippen molar-refractivity contribution in [2.45, 2.75) is 26.7 Å². The summed E-state index contributed by atoms with van der Waals surface area (Å²) in [5.74, 6) is 0.961. The van der Waals surface area contributed by atoms with Crippen LogP contribution in [0.4, 0.5) is 5.82 Å². The molecule has 0 aliphatic carbocycles. The van der Waals surface area contributed by atoms with Crippen LogP contribution in [-0.4, -0.2) is 23.1 Å². The molecule has 0 radical (unpaired) electrons. The first-order valence-corrected chi connectivity index (χ1v) is 7.52. The van der Waals surface area contributed by atoms with E-state index in [1.54, 1.807) is 0 Å². The van der Waals surface area contributed by atoms with Crippen molar-refractivity contribution in [1.82, 2.24) is 4.98 Å². The number of nitrogens with two attached hydrogens (primary N) is 1. The first-order valence-electron chi connectivity index (χ1n) is 7.11. The Bertz CT molecular complexity index is 610. The fourth-order valence-electron chi connectivity index (χ4n) is 2.31. The highest BCUT2D eigenvalue weighted by atomic mass is 32.1. The van der Waals surface area contributed by atoms with Crippen molar-refractivity contribution >= 4 is 33.9 Å². The van der Waals surface area contributed by atoms with Crippen LogP contribution in [0.25, 0.3) is 10.9 Å². The van der Waals surface area contributed by atoms with Crippen LogP contribution in [0.1, 0.15) is 32.3 Å². The van der Waals surface area contributed by atoms with Gasteiger partial charge in [-0.05, 0) is 25.5 Å². The van der Waals surface area contributed by atoms with E-state index in [0.717, 1.165) is 41.8 Å². The van der Waals surface area contributed by atoms with Crippen molar-refractivity contribution in [3.63, 3.8) is 0 Å². The molecule has 106 valence electrons. The van der Waals surface area contributed by atoms with E-state index in [0.29, 0.717) is 4.99 Å². The van der Waals surface area contributed by atoms with Crippen molar-refractivity contribution < 1.29 is 0 Å². The maximum Gasteiger partial charge on any atom is 0.129 e. The average Bonchev–Trinajstić information content (AvgIpc) is 2.47. The van der Waals surface area contributed by atoms with Crippen molar-refractivity contribution in [3.05, 3.63) is 35.9 Å². The van der Waals surface area contributed by atoms with Gasteiger partial charge in [-0.3, -0.25) is 0 Å². The lowest BCUT2D eigenvalue weighted by Crippen LogP contribution is -2.25. The van der Waals surface area contributed by atoms with Gasteiger partial charge >= 0.3 is 0 Å². The van der Waals surface area contributed by atoms with Gasteiger partial charge in [-0.1, -0.05) is 43.8 Å². The predicted octanol–water partition coefficient (Wildman–Crippen LogP) is 3.50. The highest BCUT2D eigenvalue weighted by molar-refractivity contribution is 7.80. The zero-order valence-corrected chi connectivity index (χ0v) is 12.9. The lowest BCUT2D eigenvalue weighted by Gasteiger charge is -2.23. The van der Waals surface area contributed by atoms with Crippen molar-refractivity contribution in [1.29, 1.82) is 0 Å². The van der Waals surface area contributed by atoms with Gasteiger partial charge < -0.3 is 10.6 Å². The Balaban J connectivity index is 2.51. The Labute approximate surface area is 125 Å². The number of aromatic nitrogens is 1. The molecule has 20 heavy (non-hydrogen) atoms. The summed E-state index contributed by atoms with van der Waals surface area (Å²) in [7, 11) is 0. The van der Waals surface area contributed by atoms with Crippen LogP contribution in [0.15, 0.2) is 30.3 Å². The van der Waals surface area contributed by atoms with E-state index in [1.165, 1.54) is 6.42 Å². The zero-order chi connectivity index (χ0) is 14.5. The number of para-hydroxylation sites is 1. The van der Waals surface area contributed by atoms with Gasteiger partial charge in [0, 0.05) is 24.0 Å². The third kappa shape index (κ3) is 3.07. The number of nitrogens with zero attached hydrogens (tertiary/aromatic N) is 2. The molecule has 0 saturated carbocycles. The van der Waals surface area contributed by atoms with Crippen molar-refractivity contribution in [3.8, 4) is 0 Å². The van der Waals surface area contributed by atoms with Crippen LogP contribution in [0, 0.1) is 0 Å². The zero-order valence-electron chi connectivity index (χ0n) is 12.1. The second-order valence-electron chi connectivity index (χ2n) is 4.84. The topological polar surface area (TPSA) is 42.1 Å². The Kier molecular flexibility index (Phi) is 4.90. The summed E-state index contributed by atoms with van der Waals surface area (Å²) in [5.41, 5.74) is 7.74. The summed E-state index contributed by atoms with van der Waals surface area (Å²) in [6.07, 6.45) is 2.33. The smallest absolute Gasteiger partial charge is 0.129 e. The Morgan fingerprint density at radius 3 is 2.70 bits per heavy atom. The predicted molar refractivity (Wildman–Crippen MR) is 90.4 cm³/mol. The number of anilines is 1. The minimum atomic E-state index is 0.427. The molecular formula is C16H21N3S. The van der Waals surface area contributed by atoms with Gasteiger partial charge in [0.2, 0.25) is 0 Å². The average molecular weight is 287 g/mol. The summed E-state index contributed by atoms with van der Waals surface area (Å²) < 4.78 is 0. The monoisotopic (exact) mass is 287 g/mol. The molecular weight excluding hydrogens is 266 g/mol. The summed E-state index contributed by atoms with van der Waals surface area (Å²) in [6.45, 7) is 6.28. The molecule has 0 amide bonds. The van der Waals surface area contributed by atoms with Crippen LogP contribution in [0.2, 0.25) is 0 Å². The van der Waals surface area contributed by atoms with Gasteiger partial charge in [0.05, 0.1) is 5.52 Å². The number of hydrogen-bond acceptors (Lipinski definition) is 3. The van der Waals surface area contributed by atoms with Crippen LogP contribution >= 0.6 is 12.2 Å². The third-order valence-corrected chi connectivity index (χ3v) is 3.68. The molecule has 1 aromatic carbocycles. The molecule has 2 N–H and O–H groups in total. The molecule has 0 bridgehead atoms. The molecule has 3 nitrogen and oxygen atoms in total. The Morgan fingerprint density at radius 1 is 1.30 bits per heavy atom. The van der Waals surface area contributed by atoms with E-state index in [4.69, 9.17) is 22.9 Å². The SMILES string of the molecule is CCCCN(CC)c1cc(C(N)=S)c2ccccc2n1. The molecule has 2 aromatic rings. The maximum atomic E-state index is 5.88. The normalized spacial score (nSPS) is 10.7. The highest BCUT2D eigenvalue weighted by Gasteiger charge is 2.11. The van der Waals surface area contributed by atoms with Gasteiger partial charge in [0.1, 0.15) is 10.8 Å². The number of thiocarbonyl (C=S) groups is 1. The Morgan fingerprint density at radius 2 is 2.05 bits per heavy atom. The third-order valence-electron chi connectivity index (χ3n) is 3.46. The molecule has 0 atom stereocenters. The number of fused-ring (bicyclic) bond motifs is 1. The van der Waals surface area contributed by atoms with Crippen molar-refractivity contribution in [2.24, 2.45) is 5.73 Å². The van der Waals surface area contributed by atoms with Crippen LogP contribution < -0.4 is 10.6 Å². The molecule has 0 spiro atoms. The minimum absolute atomic E-state index is 0.427. The lowest BCUT2D eigenvalue weighted by molar-refractivity contribution is 0.725. The first kappa shape index (κ1) is 14.7. The minimum Gasteiger partial charge on any atom is -0.389 e. The van der Waals surface area contributed by atoms with E-state index < -0.39 is 0 Å². The molecule has 0 fully saturated rings. The molecule has 1 heterocycles. The number of unbranched alkanes of at least 4 members (excludes halogenated alkanes) is 1. The van der Waals surface area contributed by atoms with Crippen LogP contribution in [0.3, 0.4) is 0 Å². The fourth-order valence-corrected chi connectivity index (χ4v) is 2.48. The lowest BCUT2D eigenvalue weighted by atomic mass is 10.1. The number of benzene rings is 1. The second-order valence-corrected chi connectivity index (χ2v) is 5.28.